The van der Waals surface area contributed by atoms with Gasteiger partial charge in [0.1, 0.15) is 5.76 Å². The highest BCUT2D eigenvalue weighted by Gasteiger charge is 2.11. The van der Waals surface area contributed by atoms with Crippen molar-refractivity contribution in [1.29, 1.82) is 0 Å². The van der Waals surface area contributed by atoms with Crippen molar-refractivity contribution >= 4 is 0 Å². The molecule has 0 spiro atoms. The maximum atomic E-state index is 5.39. The number of furan rings is 1. The van der Waals surface area contributed by atoms with E-state index in [2.05, 4.69) is 51.2 Å². The fraction of sp³-hybridized carbons (Fsp3) is 0.412. The SMILES string of the molecule is Cc1ccc(C(C)NC(C)Cc2ccco2)cc1C. The standard InChI is InChI=1S/C17H23NO/c1-12-7-8-16(10-13(12)2)15(4)18-14(3)11-17-6-5-9-19-17/h5-10,14-15,18H,11H2,1-4H3. The molecule has 1 aromatic heterocycles. The first-order valence-corrected chi connectivity index (χ1v) is 6.92. The molecule has 0 aliphatic carbocycles. The van der Waals surface area contributed by atoms with Gasteiger partial charge in [-0.3, -0.25) is 0 Å². The number of benzene rings is 1. The smallest absolute Gasteiger partial charge is 0.105 e. The first kappa shape index (κ1) is 13.9. The first-order chi connectivity index (χ1) is 9.06. The van der Waals surface area contributed by atoms with Crippen molar-refractivity contribution in [2.24, 2.45) is 0 Å². The van der Waals surface area contributed by atoms with Crippen LogP contribution in [-0.2, 0) is 6.42 Å². The molecule has 0 fully saturated rings. The third kappa shape index (κ3) is 3.71. The van der Waals surface area contributed by atoms with Crippen LogP contribution in [0, 0.1) is 13.8 Å². The third-order valence-corrected chi connectivity index (χ3v) is 3.65. The number of rotatable bonds is 5. The number of aryl methyl sites for hydroxylation is 2. The van der Waals surface area contributed by atoms with Crippen molar-refractivity contribution in [3.05, 3.63) is 59.0 Å². The van der Waals surface area contributed by atoms with E-state index in [9.17, 15) is 0 Å². The first-order valence-electron chi connectivity index (χ1n) is 6.92. The Bertz CT molecular complexity index is 516. The highest BCUT2D eigenvalue weighted by atomic mass is 16.3. The summed E-state index contributed by atoms with van der Waals surface area (Å²) >= 11 is 0. The summed E-state index contributed by atoms with van der Waals surface area (Å²) in [6.07, 6.45) is 2.65. The molecular weight excluding hydrogens is 234 g/mol. The van der Waals surface area contributed by atoms with Gasteiger partial charge in [-0.05, 0) is 56.5 Å². The summed E-state index contributed by atoms with van der Waals surface area (Å²) in [7, 11) is 0. The van der Waals surface area contributed by atoms with Crippen LogP contribution in [-0.4, -0.2) is 6.04 Å². The van der Waals surface area contributed by atoms with E-state index in [-0.39, 0.29) is 0 Å². The van der Waals surface area contributed by atoms with Crippen molar-refractivity contribution in [3.8, 4) is 0 Å². The Hall–Kier alpha value is -1.54. The zero-order valence-electron chi connectivity index (χ0n) is 12.2. The van der Waals surface area contributed by atoms with Crippen LogP contribution in [0.15, 0.2) is 41.0 Å². The zero-order chi connectivity index (χ0) is 13.8. The largest absolute Gasteiger partial charge is 0.469 e. The molecule has 2 atom stereocenters. The van der Waals surface area contributed by atoms with Gasteiger partial charge in [0.05, 0.1) is 6.26 Å². The Kier molecular flexibility index (Phi) is 4.43. The van der Waals surface area contributed by atoms with Crippen molar-refractivity contribution in [3.63, 3.8) is 0 Å². The predicted octanol–water partition coefficient (Wildman–Crippen LogP) is 4.18. The molecule has 1 N–H and O–H groups in total. The average Bonchev–Trinajstić information content (AvgIpc) is 2.85. The van der Waals surface area contributed by atoms with Crippen LogP contribution >= 0.6 is 0 Å². The van der Waals surface area contributed by atoms with Crippen molar-refractivity contribution in [2.75, 3.05) is 0 Å². The molecule has 2 unspecified atom stereocenters. The van der Waals surface area contributed by atoms with Crippen molar-refractivity contribution in [2.45, 2.75) is 46.2 Å². The van der Waals surface area contributed by atoms with Crippen LogP contribution in [0.25, 0.3) is 0 Å². The number of hydrogen-bond donors (Lipinski definition) is 1. The molecule has 19 heavy (non-hydrogen) atoms. The van der Waals surface area contributed by atoms with Gasteiger partial charge >= 0.3 is 0 Å². The second-order valence-corrected chi connectivity index (χ2v) is 5.42. The van der Waals surface area contributed by atoms with E-state index < -0.39 is 0 Å². The maximum absolute atomic E-state index is 5.39. The summed E-state index contributed by atoms with van der Waals surface area (Å²) in [6, 6.07) is 11.4. The third-order valence-electron chi connectivity index (χ3n) is 3.65. The van der Waals surface area contributed by atoms with Crippen molar-refractivity contribution in [1.82, 2.24) is 5.32 Å². The Balaban J connectivity index is 1.96. The molecule has 2 nitrogen and oxygen atoms in total. The summed E-state index contributed by atoms with van der Waals surface area (Å²) in [5.41, 5.74) is 4.04. The monoisotopic (exact) mass is 257 g/mol. The van der Waals surface area contributed by atoms with Crippen LogP contribution in [0.3, 0.4) is 0 Å². The molecule has 0 saturated carbocycles. The van der Waals surface area contributed by atoms with E-state index >= 15 is 0 Å². The van der Waals surface area contributed by atoms with Crippen LogP contribution in [0.1, 0.15) is 42.3 Å². The van der Waals surface area contributed by atoms with Gasteiger partial charge in [0.25, 0.3) is 0 Å². The Morgan fingerprint density at radius 1 is 1.11 bits per heavy atom. The van der Waals surface area contributed by atoms with Crippen LogP contribution < -0.4 is 5.32 Å². The lowest BCUT2D eigenvalue weighted by molar-refractivity contribution is 0.429. The molecule has 2 heteroatoms. The fourth-order valence-electron chi connectivity index (χ4n) is 2.35. The minimum atomic E-state index is 0.351. The normalized spacial score (nSPS) is 14.3. The molecule has 0 saturated heterocycles. The molecule has 0 bridgehead atoms. The lowest BCUT2D eigenvalue weighted by Crippen LogP contribution is -2.30. The second-order valence-electron chi connectivity index (χ2n) is 5.42. The van der Waals surface area contributed by atoms with Gasteiger partial charge in [-0.1, -0.05) is 18.2 Å². The molecule has 2 rings (SSSR count). The number of hydrogen-bond acceptors (Lipinski definition) is 2. The predicted molar refractivity (Wildman–Crippen MR) is 79.3 cm³/mol. The Morgan fingerprint density at radius 2 is 1.89 bits per heavy atom. The van der Waals surface area contributed by atoms with Gasteiger partial charge in [0, 0.05) is 18.5 Å². The van der Waals surface area contributed by atoms with Gasteiger partial charge in [-0.25, -0.2) is 0 Å². The van der Waals surface area contributed by atoms with E-state index in [0.29, 0.717) is 12.1 Å². The molecule has 102 valence electrons. The van der Waals surface area contributed by atoms with Gasteiger partial charge < -0.3 is 9.73 Å². The summed E-state index contributed by atoms with van der Waals surface area (Å²) in [5, 5.41) is 3.62. The van der Waals surface area contributed by atoms with Gasteiger partial charge in [0.15, 0.2) is 0 Å². The molecule has 0 aliphatic rings. The minimum Gasteiger partial charge on any atom is -0.469 e. The van der Waals surface area contributed by atoms with E-state index in [1.165, 1.54) is 16.7 Å². The minimum absolute atomic E-state index is 0.351. The summed E-state index contributed by atoms with van der Waals surface area (Å²) in [5.74, 6) is 1.03. The number of nitrogens with one attached hydrogen (secondary N) is 1. The maximum Gasteiger partial charge on any atom is 0.105 e. The summed E-state index contributed by atoms with van der Waals surface area (Å²) < 4.78 is 5.39. The lowest BCUT2D eigenvalue weighted by Gasteiger charge is -2.20. The topological polar surface area (TPSA) is 25.2 Å². The molecule has 0 radical (unpaired) electrons. The van der Waals surface area contributed by atoms with Gasteiger partial charge in [-0.2, -0.15) is 0 Å². The Morgan fingerprint density at radius 3 is 2.53 bits per heavy atom. The van der Waals surface area contributed by atoms with E-state index in [0.717, 1.165) is 12.2 Å². The molecule has 0 amide bonds. The van der Waals surface area contributed by atoms with E-state index in [1.54, 1.807) is 6.26 Å². The second kappa shape index (κ2) is 6.07. The summed E-state index contributed by atoms with van der Waals surface area (Å²) in [6.45, 7) is 8.72. The quantitative estimate of drug-likeness (QED) is 0.869. The molecule has 2 aromatic rings. The van der Waals surface area contributed by atoms with E-state index in [4.69, 9.17) is 4.42 Å². The molecule has 1 heterocycles. The fourth-order valence-corrected chi connectivity index (χ4v) is 2.35. The highest BCUT2D eigenvalue weighted by molar-refractivity contribution is 5.31. The molecule has 1 aromatic carbocycles. The zero-order valence-corrected chi connectivity index (χ0v) is 12.2. The van der Waals surface area contributed by atoms with Gasteiger partial charge in [-0.15, -0.1) is 0 Å². The van der Waals surface area contributed by atoms with Crippen LogP contribution in [0.2, 0.25) is 0 Å². The Labute approximate surface area is 115 Å². The van der Waals surface area contributed by atoms with Crippen LogP contribution in [0.5, 0.6) is 0 Å². The van der Waals surface area contributed by atoms with Crippen LogP contribution in [0.4, 0.5) is 0 Å². The van der Waals surface area contributed by atoms with Gasteiger partial charge in [0.2, 0.25) is 0 Å². The lowest BCUT2D eigenvalue weighted by atomic mass is 10.0. The van der Waals surface area contributed by atoms with Crippen molar-refractivity contribution < 1.29 is 4.42 Å². The molecule has 0 aliphatic heterocycles. The van der Waals surface area contributed by atoms with E-state index in [1.807, 2.05) is 12.1 Å². The average molecular weight is 257 g/mol. The molecular formula is C17H23NO. The summed E-state index contributed by atoms with van der Waals surface area (Å²) in [4.78, 5) is 0. The highest BCUT2D eigenvalue weighted by Crippen LogP contribution is 2.18.